The molecule has 3 N–H and O–H groups in total. The molecule has 0 radical (unpaired) electrons. The Morgan fingerprint density at radius 1 is 1.39 bits per heavy atom. The molecule has 0 bridgehead atoms. The first-order chi connectivity index (χ1) is 8.59. The van der Waals surface area contributed by atoms with E-state index in [2.05, 4.69) is 5.32 Å². The Bertz CT molecular complexity index is 418. The summed E-state index contributed by atoms with van der Waals surface area (Å²) in [5.41, 5.74) is 8.57. The lowest BCUT2D eigenvalue weighted by Gasteiger charge is -2.23. The van der Waals surface area contributed by atoms with Crippen LogP contribution in [0.15, 0.2) is 18.2 Å². The number of nitrogens with zero attached hydrogens (tertiary/aromatic N) is 1. The van der Waals surface area contributed by atoms with Gasteiger partial charge >= 0.3 is 0 Å². The summed E-state index contributed by atoms with van der Waals surface area (Å²) in [5.74, 6) is 0.162. The number of rotatable bonds is 3. The summed E-state index contributed by atoms with van der Waals surface area (Å²) in [6, 6.07) is 5.53. The smallest absolute Gasteiger partial charge is 0.244 e. The molecule has 1 aromatic rings. The molecule has 4 nitrogen and oxygen atoms in total. The molecular formula is C14H21N3O. The van der Waals surface area contributed by atoms with Crippen LogP contribution < -0.4 is 11.1 Å². The van der Waals surface area contributed by atoms with Crippen molar-refractivity contribution in [1.29, 1.82) is 0 Å². The summed E-state index contributed by atoms with van der Waals surface area (Å²) < 4.78 is 0. The van der Waals surface area contributed by atoms with Gasteiger partial charge in [-0.2, -0.15) is 0 Å². The van der Waals surface area contributed by atoms with E-state index in [-0.39, 0.29) is 11.9 Å². The highest BCUT2D eigenvalue weighted by atomic mass is 16.2. The van der Waals surface area contributed by atoms with Crippen LogP contribution in [-0.4, -0.2) is 29.9 Å². The molecule has 0 aromatic heterocycles. The number of nitrogen functional groups attached to an aromatic ring is 1. The van der Waals surface area contributed by atoms with Crippen LogP contribution in [0, 0.1) is 6.92 Å². The first kappa shape index (κ1) is 12.7. The number of likely N-dealkylation sites (tertiary alicyclic amines) is 1. The van der Waals surface area contributed by atoms with Gasteiger partial charge in [0.05, 0.1) is 11.4 Å². The van der Waals surface area contributed by atoms with Gasteiger partial charge in [-0.05, 0) is 38.3 Å². The van der Waals surface area contributed by atoms with Crippen LogP contribution in [0.2, 0.25) is 0 Å². The summed E-state index contributed by atoms with van der Waals surface area (Å²) in [7, 11) is 0. The van der Waals surface area contributed by atoms with E-state index in [0.29, 0.717) is 5.69 Å². The maximum absolute atomic E-state index is 12.2. The van der Waals surface area contributed by atoms with Crippen molar-refractivity contribution in [3.8, 4) is 0 Å². The summed E-state index contributed by atoms with van der Waals surface area (Å²) in [6.45, 7) is 5.65. The predicted octanol–water partition coefficient (Wildman–Crippen LogP) is 2.00. The number of anilines is 2. The molecule has 4 heteroatoms. The topological polar surface area (TPSA) is 58.4 Å². The third kappa shape index (κ3) is 2.58. The van der Waals surface area contributed by atoms with Gasteiger partial charge < -0.3 is 16.0 Å². The lowest BCUT2D eigenvalue weighted by atomic mass is 10.1. The predicted molar refractivity (Wildman–Crippen MR) is 74.5 cm³/mol. The Kier molecular flexibility index (Phi) is 3.75. The van der Waals surface area contributed by atoms with Crippen LogP contribution in [0.1, 0.15) is 25.3 Å². The molecule has 0 saturated carbocycles. The summed E-state index contributed by atoms with van der Waals surface area (Å²) in [5, 5.41) is 3.24. The molecule has 0 spiro atoms. The van der Waals surface area contributed by atoms with E-state index in [1.807, 2.05) is 36.9 Å². The fraction of sp³-hybridized carbons (Fsp3) is 0.500. The van der Waals surface area contributed by atoms with E-state index < -0.39 is 0 Å². The van der Waals surface area contributed by atoms with Gasteiger partial charge in [-0.3, -0.25) is 4.79 Å². The number of para-hydroxylation sites is 1. The minimum absolute atomic E-state index is 0.162. The SMILES string of the molecule is Cc1cccc(N)c1NC(C)C(=O)N1CCCC1. The van der Waals surface area contributed by atoms with Gasteiger partial charge in [0.1, 0.15) is 6.04 Å². The number of nitrogens with two attached hydrogens (primary N) is 1. The van der Waals surface area contributed by atoms with E-state index in [0.717, 1.165) is 37.2 Å². The highest BCUT2D eigenvalue weighted by Crippen LogP contribution is 2.23. The Morgan fingerprint density at radius 3 is 2.67 bits per heavy atom. The van der Waals surface area contributed by atoms with Crippen molar-refractivity contribution in [3.63, 3.8) is 0 Å². The van der Waals surface area contributed by atoms with Gasteiger partial charge in [-0.25, -0.2) is 0 Å². The minimum Gasteiger partial charge on any atom is -0.397 e. The number of carbonyl (C=O) groups excluding carboxylic acids is 1. The fourth-order valence-electron chi connectivity index (χ4n) is 2.38. The first-order valence-corrected chi connectivity index (χ1v) is 6.50. The van der Waals surface area contributed by atoms with Gasteiger partial charge in [0.2, 0.25) is 5.91 Å². The van der Waals surface area contributed by atoms with E-state index in [1.54, 1.807) is 0 Å². The summed E-state index contributed by atoms with van der Waals surface area (Å²) >= 11 is 0. The molecule has 1 aliphatic heterocycles. The average Bonchev–Trinajstić information content (AvgIpc) is 2.86. The van der Waals surface area contributed by atoms with Gasteiger partial charge in [0.15, 0.2) is 0 Å². The third-order valence-corrected chi connectivity index (χ3v) is 3.45. The van der Waals surface area contributed by atoms with Crippen molar-refractivity contribution in [3.05, 3.63) is 23.8 Å². The zero-order valence-corrected chi connectivity index (χ0v) is 11.1. The van der Waals surface area contributed by atoms with Crippen LogP contribution in [0.4, 0.5) is 11.4 Å². The number of benzene rings is 1. The first-order valence-electron chi connectivity index (χ1n) is 6.50. The lowest BCUT2D eigenvalue weighted by Crippen LogP contribution is -2.39. The van der Waals surface area contributed by atoms with Gasteiger partial charge in [-0.1, -0.05) is 12.1 Å². The molecule has 1 amide bonds. The normalized spacial score (nSPS) is 16.7. The molecule has 1 saturated heterocycles. The van der Waals surface area contributed by atoms with Crippen molar-refractivity contribution in [2.24, 2.45) is 0 Å². The molecule has 0 aliphatic carbocycles. The second-order valence-corrected chi connectivity index (χ2v) is 4.94. The number of carbonyl (C=O) groups is 1. The Labute approximate surface area is 108 Å². The van der Waals surface area contributed by atoms with E-state index in [4.69, 9.17) is 5.73 Å². The number of hydrogen-bond acceptors (Lipinski definition) is 3. The molecule has 1 aromatic carbocycles. The molecule has 2 rings (SSSR count). The molecule has 18 heavy (non-hydrogen) atoms. The van der Waals surface area contributed by atoms with Crippen LogP contribution in [-0.2, 0) is 4.79 Å². The van der Waals surface area contributed by atoms with Gasteiger partial charge in [-0.15, -0.1) is 0 Å². The zero-order chi connectivity index (χ0) is 13.1. The number of hydrogen-bond donors (Lipinski definition) is 2. The molecular weight excluding hydrogens is 226 g/mol. The highest BCUT2D eigenvalue weighted by molar-refractivity contribution is 5.86. The monoisotopic (exact) mass is 247 g/mol. The quantitative estimate of drug-likeness (QED) is 0.803. The average molecular weight is 247 g/mol. The van der Waals surface area contributed by atoms with Crippen molar-refractivity contribution >= 4 is 17.3 Å². The minimum atomic E-state index is -0.230. The van der Waals surface area contributed by atoms with Crippen LogP contribution in [0.25, 0.3) is 0 Å². The maximum Gasteiger partial charge on any atom is 0.244 e. The summed E-state index contributed by atoms with van der Waals surface area (Å²) in [4.78, 5) is 14.1. The second kappa shape index (κ2) is 5.29. The van der Waals surface area contributed by atoms with Crippen molar-refractivity contribution in [2.75, 3.05) is 24.1 Å². The van der Waals surface area contributed by atoms with E-state index in [9.17, 15) is 4.79 Å². The molecule has 1 heterocycles. The molecule has 98 valence electrons. The van der Waals surface area contributed by atoms with Crippen molar-refractivity contribution < 1.29 is 4.79 Å². The Balaban J connectivity index is 2.06. The standard InChI is InChI=1S/C14H21N3O/c1-10-6-5-7-12(15)13(10)16-11(2)14(18)17-8-3-4-9-17/h5-7,11,16H,3-4,8-9,15H2,1-2H3. The Morgan fingerprint density at radius 2 is 2.06 bits per heavy atom. The second-order valence-electron chi connectivity index (χ2n) is 4.94. The number of aryl methyl sites for hydroxylation is 1. The van der Waals surface area contributed by atoms with Crippen molar-refractivity contribution in [2.45, 2.75) is 32.7 Å². The molecule has 1 unspecified atom stereocenters. The van der Waals surface area contributed by atoms with Crippen molar-refractivity contribution in [1.82, 2.24) is 4.90 Å². The van der Waals surface area contributed by atoms with E-state index in [1.165, 1.54) is 0 Å². The molecule has 1 atom stereocenters. The van der Waals surface area contributed by atoms with Gasteiger partial charge in [0, 0.05) is 13.1 Å². The van der Waals surface area contributed by atoms with Crippen LogP contribution >= 0.6 is 0 Å². The zero-order valence-electron chi connectivity index (χ0n) is 11.1. The molecule has 1 aliphatic rings. The third-order valence-electron chi connectivity index (χ3n) is 3.45. The maximum atomic E-state index is 12.2. The van der Waals surface area contributed by atoms with E-state index >= 15 is 0 Å². The number of nitrogens with one attached hydrogen (secondary N) is 1. The van der Waals surface area contributed by atoms with Gasteiger partial charge in [0.25, 0.3) is 0 Å². The largest absolute Gasteiger partial charge is 0.397 e. The number of amides is 1. The highest BCUT2D eigenvalue weighted by Gasteiger charge is 2.23. The lowest BCUT2D eigenvalue weighted by molar-refractivity contribution is -0.130. The van der Waals surface area contributed by atoms with Crippen LogP contribution in [0.5, 0.6) is 0 Å². The van der Waals surface area contributed by atoms with Crippen LogP contribution in [0.3, 0.4) is 0 Å². The Hall–Kier alpha value is -1.71. The summed E-state index contributed by atoms with van der Waals surface area (Å²) in [6.07, 6.45) is 2.23. The fourth-order valence-corrected chi connectivity index (χ4v) is 2.38. The molecule has 1 fully saturated rings.